The lowest BCUT2D eigenvalue weighted by atomic mass is 10.1. The summed E-state index contributed by atoms with van der Waals surface area (Å²) in [6.45, 7) is 3.91. The number of carbonyl (C=O) groups is 1. The molecular weight excluding hydrogens is 416 g/mol. The molecule has 0 amide bonds. The maximum absolute atomic E-state index is 11.7. The predicted octanol–water partition coefficient (Wildman–Crippen LogP) is 6.34. The molecule has 0 bridgehead atoms. The molecule has 6 nitrogen and oxygen atoms in total. The van der Waals surface area contributed by atoms with Gasteiger partial charge in [-0.25, -0.2) is 4.79 Å². The molecule has 0 saturated heterocycles. The van der Waals surface area contributed by atoms with Crippen LogP contribution in [0, 0.1) is 13.8 Å². The highest BCUT2D eigenvalue weighted by atomic mass is 16.5. The Morgan fingerprint density at radius 2 is 1.52 bits per heavy atom. The standard InChI is InChI=1S/C27H24N2O4/c1-18-16-20(19(2)29(18)26-7-5-4-6-25(26)27(30)31)17-28-21-8-10-23(11-9-21)33-24-14-12-22(32-3)13-15-24/h4-17H,1-3H3,(H,30,31). The molecule has 0 aliphatic carbocycles. The first-order valence-electron chi connectivity index (χ1n) is 10.4. The summed E-state index contributed by atoms with van der Waals surface area (Å²) in [7, 11) is 1.63. The number of nitrogens with zero attached hydrogens (tertiary/aromatic N) is 2. The largest absolute Gasteiger partial charge is 0.497 e. The van der Waals surface area contributed by atoms with Gasteiger partial charge in [0.2, 0.25) is 0 Å². The van der Waals surface area contributed by atoms with Crippen LogP contribution in [0.5, 0.6) is 17.2 Å². The van der Waals surface area contributed by atoms with Crippen LogP contribution < -0.4 is 9.47 Å². The van der Waals surface area contributed by atoms with Gasteiger partial charge in [-0.15, -0.1) is 0 Å². The third-order valence-electron chi connectivity index (χ3n) is 5.33. The van der Waals surface area contributed by atoms with E-state index in [0.717, 1.165) is 34.1 Å². The number of aliphatic imine (C=N–C) groups is 1. The molecule has 4 aromatic rings. The van der Waals surface area contributed by atoms with Crippen LogP contribution in [-0.2, 0) is 0 Å². The van der Waals surface area contributed by atoms with Crippen LogP contribution >= 0.6 is 0 Å². The van der Waals surface area contributed by atoms with Crippen molar-refractivity contribution in [3.63, 3.8) is 0 Å². The minimum atomic E-state index is -0.953. The van der Waals surface area contributed by atoms with Crippen LogP contribution in [0.1, 0.15) is 27.3 Å². The maximum Gasteiger partial charge on any atom is 0.337 e. The number of hydrogen-bond acceptors (Lipinski definition) is 4. The average molecular weight is 440 g/mol. The molecule has 0 aliphatic heterocycles. The molecule has 4 rings (SSSR count). The minimum absolute atomic E-state index is 0.259. The van der Waals surface area contributed by atoms with Crippen molar-refractivity contribution < 1.29 is 19.4 Å². The summed E-state index contributed by atoms with van der Waals surface area (Å²) in [6.07, 6.45) is 1.79. The molecule has 1 N–H and O–H groups in total. The number of carboxylic acid groups (broad SMARTS) is 1. The van der Waals surface area contributed by atoms with Gasteiger partial charge in [-0.05, 0) is 80.6 Å². The van der Waals surface area contributed by atoms with Gasteiger partial charge < -0.3 is 19.1 Å². The number of rotatable bonds is 7. The normalized spacial score (nSPS) is 11.0. The van der Waals surface area contributed by atoms with E-state index in [9.17, 15) is 9.90 Å². The first-order chi connectivity index (χ1) is 16.0. The number of aryl methyl sites for hydroxylation is 1. The fourth-order valence-electron chi connectivity index (χ4n) is 3.66. The second-order valence-corrected chi connectivity index (χ2v) is 7.51. The first kappa shape index (κ1) is 21.9. The molecule has 0 radical (unpaired) electrons. The number of para-hydroxylation sites is 1. The SMILES string of the molecule is COc1ccc(Oc2ccc(N=Cc3cc(C)n(-c4ccccc4C(=O)O)c3C)cc2)cc1. The van der Waals surface area contributed by atoms with Crippen molar-refractivity contribution in [2.45, 2.75) is 13.8 Å². The predicted molar refractivity (Wildman–Crippen MR) is 129 cm³/mol. The molecule has 0 saturated carbocycles. The lowest BCUT2D eigenvalue weighted by Crippen LogP contribution is -2.07. The second kappa shape index (κ2) is 9.44. The Kier molecular flexibility index (Phi) is 6.26. The smallest absolute Gasteiger partial charge is 0.337 e. The zero-order valence-electron chi connectivity index (χ0n) is 18.6. The van der Waals surface area contributed by atoms with Crippen molar-refractivity contribution in [3.05, 3.63) is 101 Å². The molecule has 166 valence electrons. The van der Waals surface area contributed by atoms with Crippen LogP contribution in [0.2, 0.25) is 0 Å². The highest BCUT2D eigenvalue weighted by molar-refractivity contribution is 5.92. The fourth-order valence-corrected chi connectivity index (χ4v) is 3.66. The quantitative estimate of drug-likeness (QED) is 0.340. The van der Waals surface area contributed by atoms with Gasteiger partial charge in [0.1, 0.15) is 17.2 Å². The van der Waals surface area contributed by atoms with E-state index in [1.807, 2.05) is 85.1 Å². The Labute approximate surface area is 192 Å². The highest BCUT2D eigenvalue weighted by Crippen LogP contribution is 2.27. The fraction of sp³-hybridized carbons (Fsp3) is 0.111. The molecule has 1 heterocycles. The first-order valence-corrected chi connectivity index (χ1v) is 10.4. The summed E-state index contributed by atoms with van der Waals surface area (Å²) < 4.78 is 13.0. The Hall–Kier alpha value is -4.32. The summed E-state index contributed by atoms with van der Waals surface area (Å²) in [5.41, 5.74) is 4.46. The monoisotopic (exact) mass is 440 g/mol. The highest BCUT2D eigenvalue weighted by Gasteiger charge is 2.15. The van der Waals surface area contributed by atoms with E-state index >= 15 is 0 Å². The number of hydrogen-bond donors (Lipinski definition) is 1. The molecular formula is C27H24N2O4. The summed E-state index contributed by atoms with van der Waals surface area (Å²) in [6, 6.07) is 23.9. The van der Waals surface area contributed by atoms with Crippen LogP contribution in [-0.4, -0.2) is 29.0 Å². The third-order valence-corrected chi connectivity index (χ3v) is 5.33. The molecule has 1 aromatic heterocycles. The maximum atomic E-state index is 11.7. The number of aromatic carboxylic acids is 1. The molecule has 6 heteroatoms. The minimum Gasteiger partial charge on any atom is -0.497 e. The summed E-state index contributed by atoms with van der Waals surface area (Å²) >= 11 is 0. The summed E-state index contributed by atoms with van der Waals surface area (Å²) in [4.78, 5) is 16.2. The number of ether oxygens (including phenoxy) is 2. The van der Waals surface area contributed by atoms with E-state index in [-0.39, 0.29) is 5.56 Å². The number of carboxylic acids is 1. The molecule has 3 aromatic carbocycles. The molecule has 0 atom stereocenters. The topological polar surface area (TPSA) is 73.0 Å². The molecule has 0 spiro atoms. The van der Waals surface area contributed by atoms with E-state index in [2.05, 4.69) is 4.99 Å². The van der Waals surface area contributed by atoms with Gasteiger partial charge in [0.05, 0.1) is 24.0 Å². The van der Waals surface area contributed by atoms with Gasteiger partial charge >= 0.3 is 5.97 Å². The summed E-state index contributed by atoms with van der Waals surface area (Å²) in [5.74, 6) is 1.26. The van der Waals surface area contributed by atoms with Gasteiger partial charge in [-0.3, -0.25) is 4.99 Å². The van der Waals surface area contributed by atoms with E-state index in [1.54, 1.807) is 25.5 Å². The van der Waals surface area contributed by atoms with Crippen LogP contribution in [0.15, 0.2) is 83.9 Å². The molecule has 33 heavy (non-hydrogen) atoms. The Morgan fingerprint density at radius 3 is 2.15 bits per heavy atom. The van der Waals surface area contributed by atoms with Crippen molar-refractivity contribution in [2.24, 2.45) is 4.99 Å². The van der Waals surface area contributed by atoms with Crippen LogP contribution in [0.3, 0.4) is 0 Å². The van der Waals surface area contributed by atoms with Gasteiger partial charge in [0, 0.05) is 23.2 Å². The van der Waals surface area contributed by atoms with Crippen molar-refractivity contribution in [1.29, 1.82) is 0 Å². The van der Waals surface area contributed by atoms with Crippen molar-refractivity contribution in [2.75, 3.05) is 7.11 Å². The Balaban J connectivity index is 1.53. The zero-order valence-corrected chi connectivity index (χ0v) is 18.6. The van der Waals surface area contributed by atoms with E-state index in [1.165, 1.54) is 0 Å². The Bertz CT molecular complexity index is 1300. The van der Waals surface area contributed by atoms with Crippen molar-refractivity contribution >= 4 is 17.9 Å². The molecule has 0 aliphatic rings. The van der Waals surface area contributed by atoms with E-state index in [0.29, 0.717) is 11.4 Å². The number of methoxy groups -OCH3 is 1. The van der Waals surface area contributed by atoms with E-state index < -0.39 is 5.97 Å². The van der Waals surface area contributed by atoms with E-state index in [4.69, 9.17) is 9.47 Å². The van der Waals surface area contributed by atoms with Gasteiger partial charge in [-0.1, -0.05) is 12.1 Å². The number of benzene rings is 3. The van der Waals surface area contributed by atoms with Gasteiger partial charge in [0.15, 0.2) is 0 Å². The number of aromatic nitrogens is 1. The van der Waals surface area contributed by atoms with Gasteiger partial charge in [-0.2, -0.15) is 0 Å². The van der Waals surface area contributed by atoms with Crippen molar-refractivity contribution in [1.82, 2.24) is 4.57 Å². The van der Waals surface area contributed by atoms with Crippen LogP contribution in [0.25, 0.3) is 5.69 Å². The lowest BCUT2D eigenvalue weighted by Gasteiger charge is -2.12. The average Bonchev–Trinajstić information content (AvgIpc) is 3.11. The Morgan fingerprint density at radius 1 is 0.909 bits per heavy atom. The molecule has 0 fully saturated rings. The van der Waals surface area contributed by atoms with Crippen LogP contribution in [0.4, 0.5) is 5.69 Å². The molecule has 0 unspecified atom stereocenters. The second-order valence-electron chi connectivity index (χ2n) is 7.51. The third kappa shape index (κ3) is 4.80. The zero-order chi connectivity index (χ0) is 23.4. The summed E-state index contributed by atoms with van der Waals surface area (Å²) in [5, 5.41) is 9.55. The van der Waals surface area contributed by atoms with Gasteiger partial charge in [0.25, 0.3) is 0 Å². The lowest BCUT2D eigenvalue weighted by molar-refractivity contribution is 0.0697. The van der Waals surface area contributed by atoms with Crippen molar-refractivity contribution in [3.8, 4) is 22.9 Å².